The van der Waals surface area contributed by atoms with E-state index in [0.29, 0.717) is 5.56 Å². The zero-order valence-corrected chi connectivity index (χ0v) is 15.7. The predicted octanol–water partition coefficient (Wildman–Crippen LogP) is 4.08. The second-order valence-corrected chi connectivity index (χ2v) is 6.59. The van der Waals surface area contributed by atoms with Gasteiger partial charge in [-0.25, -0.2) is 4.98 Å². The van der Waals surface area contributed by atoms with Crippen LogP contribution in [-0.4, -0.2) is 26.2 Å². The number of carbonyl (C=O) groups excluding carboxylic acids is 2. The first kappa shape index (κ1) is 19.0. The number of nitrogens with zero attached hydrogens (tertiary/aromatic N) is 3. The molecule has 4 aromatic rings. The molecule has 0 aliphatic carbocycles. The summed E-state index contributed by atoms with van der Waals surface area (Å²) in [5.74, 6) is -0.618. The first-order valence-electron chi connectivity index (χ1n) is 9.11. The number of aromatic nitrogens is 2. The molecule has 4 rings (SSSR count). The van der Waals surface area contributed by atoms with Crippen molar-refractivity contribution in [3.8, 4) is 0 Å². The Kier molecular flexibility index (Phi) is 5.04. The number of hydrogen-bond donors (Lipinski definition) is 1. The van der Waals surface area contributed by atoms with E-state index in [0.717, 1.165) is 11.0 Å². The zero-order valence-electron chi connectivity index (χ0n) is 15.7. The summed E-state index contributed by atoms with van der Waals surface area (Å²) >= 11 is 0. The molecular weight excluding hydrogens is 384 g/mol. The highest BCUT2D eigenvalue weighted by Gasteiger charge is 2.16. The highest BCUT2D eigenvalue weighted by Crippen LogP contribution is 2.24. The molecule has 0 radical (unpaired) electrons. The van der Waals surface area contributed by atoms with Gasteiger partial charge >= 0.3 is 0 Å². The Morgan fingerprint density at radius 1 is 0.933 bits per heavy atom. The number of nitro groups is 1. The first-order valence-corrected chi connectivity index (χ1v) is 9.11. The quantitative estimate of drug-likeness (QED) is 0.298. The zero-order chi connectivity index (χ0) is 21.1. The number of imidazole rings is 1. The topological polar surface area (TPSA) is 107 Å². The Balaban J connectivity index is 1.48. The summed E-state index contributed by atoms with van der Waals surface area (Å²) in [4.78, 5) is 39.9. The Labute approximate surface area is 170 Å². The molecule has 3 aromatic carbocycles. The molecule has 0 saturated carbocycles. The van der Waals surface area contributed by atoms with Gasteiger partial charge in [0.2, 0.25) is 0 Å². The van der Waals surface area contributed by atoms with Crippen molar-refractivity contribution in [2.75, 3.05) is 5.32 Å². The third-order valence-electron chi connectivity index (χ3n) is 4.66. The minimum absolute atomic E-state index is 0.111. The molecule has 30 heavy (non-hydrogen) atoms. The van der Waals surface area contributed by atoms with Crippen LogP contribution < -0.4 is 5.32 Å². The third-order valence-corrected chi connectivity index (χ3v) is 4.66. The van der Waals surface area contributed by atoms with Crippen molar-refractivity contribution in [2.24, 2.45) is 0 Å². The number of carbonyl (C=O) groups is 2. The summed E-state index contributed by atoms with van der Waals surface area (Å²) in [6.45, 7) is 0.127. The van der Waals surface area contributed by atoms with Crippen molar-refractivity contribution in [2.45, 2.75) is 6.54 Å². The molecule has 0 bridgehead atoms. The first-order chi connectivity index (χ1) is 14.5. The van der Waals surface area contributed by atoms with Crippen LogP contribution in [0.15, 0.2) is 79.1 Å². The molecule has 8 heteroatoms. The van der Waals surface area contributed by atoms with Crippen molar-refractivity contribution < 1.29 is 14.5 Å². The van der Waals surface area contributed by atoms with E-state index < -0.39 is 10.8 Å². The molecule has 0 fully saturated rings. The Morgan fingerprint density at radius 2 is 1.60 bits per heavy atom. The maximum Gasteiger partial charge on any atom is 0.292 e. The largest absolute Gasteiger partial charge is 0.323 e. The van der Waals surface area contributed by atoms with E-state index in [1.165, 1.54) is 30.3 Å². The van der Waals surface area contributed by atoms with Gasteiger partial charge in [0.15, 0.2) is 5.78 Å². The summed E-state index contributed by atoms with van der Waals surface area (Å²) in [5, 5.41) is 13.6. The molecular formula is C22H16N4O4. The number of ketones is 1. The molecule has 0 unspecified atom stereocenters. The minimum Gasteiger partial charge on any atom is -0.323 e. The van der Waals surface area contributed by atoms with Crippen LogP contribution >= 0.6 is 0 Å². The van der Waals surface area contributed by atoms with Gasteiger partial charge in [-0.05, 0) is 30.3 Å². The van der Waals surface area contributed by atoms with Crippen LogP contribution in [0, 0.1) is 10.1 Å². The molecule has 1 amide bonds. The third kappa shape index (κ3) is 3.79. The lowest BCUT2D eigenvalue weighted by Crippen LogP contribution is -2.14. The van der Waals surface area contributed by atoms with Crippen LogP contribution in [0.2, 0.25) is 0 Å². The number of hydrogen-bond acceptors (Lipinski definition) is 5. The number of amides is 1. The van der Waals surface area contributed by atoms with Crippen LogP contribution in [0.1, 0.15) is 20.7 Å². The van der Waals surface area contributed by atoms with Crippen LogP contribution in [0.4, 0.5) is 11.4 Å². The highest BCUT2D eigenvalue weighted by atomic mass is 16.6. The van der Waals surface area contributed by atoms with E-state index in [4.69, 9.17) is 0 Å². The molecule has 0 aliphatic rings. The van der Waals surface area contributed by atoms with E-state index in [1.54, 1.807) is 29.1 Å². The van der Waals surface area contributed by atoms with Gasteiger partial charge in [-0.2, -0.15) is 0 Å². The summed E-state index contributed by atoms with van der Waals surface area (Å²) in [5.41, 5.74) is 2.34. The number of rotatable bonds is 6. The number of fused-ring (bicyclic) bond motifs is 1. The molecule has 0 spiro atoms. The molecule has 1 aromatic heterocycles. The number of anilines is 1. The van der Waals surface area contributed by atoms with E-state index in [2.05, 4.69) is 10.3 Å². The van der Waals surface area contributed by atoms with E-state index in [9.17, 15) is 19.7 Å². The van der Waals surface area contributed by atoms with E-state index in [-0.39, 0.29) is 29.3 Å². The number of para-hydroxylation sites is 4. The van der Waals surface area contributed by atoms with Crippen molar-refractivity contribution in [1.82, 2.24) is 9.55 Å². The highest BCUT2D eigenvalue weighted by molar-refractivity contribution is 6.06. The monoisotopic (exact) mass is 400 g/mol. The van der Waals surface area contributed by atoms with Gasteiger partial charge in [-0.15, -0.1) is 0 Å². The number of Topliss-reactive ketones (excluding diaryl/α,β-unsaturated/α-hetero) is 1. The summed E-state index contributed by atoms with van der Waals surface area (Å²) in [6.07, 6.45) is 1.62. The number of nitro benzene ring substituents is 1. The van der Waals surface area contributed by atoms with Crippen molar-refractivity contribution in [1.29, 1.82) is 0 Å². The van der Waals surface area contributed by atoms with Crippen molar-refractivity contribution in [3.05, 3.63) is 100 Å². The van der Waals surface area contributed by atoms with Gasteiger partial charge in [0.05, 0.1) is 28.8 Å². The molecule has 148 valence electrons. The molecule has 0 aliphatic heterocycles. The van der Waals surface area contributed by atoms with Gasteiger partial charge in [0, 0.05) is 17.2 Å². The van der Waals surface area contributed by atoms with Crippen LogP contribution in [0.5, 0.6) is 0 Å². The maximum atomic E-state index is 12.6. The lowest BCUT2D eigenvalue weighted by Gasteiger charge is -2.07. The van der Waals surface area contributed by atoms with Crippen molar-refractivity contribution >= 4 is 34.1 Å². The maximum absolute atomic E-state index is 12.6. The van der Waals surface area contributed by atoms with Crippen LogP contribution in [-0.2, 0) is 6.54 Å². The lowest BCUT2D eigenvalue weighted by molar-refractivity contribution is -0.383. The minimum atomic E-state index is -0.558. The summed E-state index contributed by atoms with van der Waals surface area (Å²) < 4.78 is 1.77. The van der Waals surface area contributed by atoms with Gasteiger partial charge in [-0.3, -0.25) is 19.7 Å². The van der Waals surface area contributed by atoms with E-state index in [1.807, 2.05) is 24.3 Å². The average Bonchev–Trinajstić information content (AvgIpc) is 3.17. The van der Waals surface area contributed by atoms with Crippen LogP contribution in [0.3, 0.4) is 0 Å². The Bertz CT molecular complexity index is 1260. The van der Waals surface area contributed by atoms with Crippen LogP contribution in [0.25, 0.3) is 11.0 Å². The van der Waals surface area contributed by atoms with Gasteiger partial charge in [0.25, 0.3) is 11.6 Å². The molecule has 1 N–H and O–H groups in total. The van der Waals surface area contributed by atoms with Gasteiger partial charge in [-0.1, -0.05) is 36.4 Å². The van der Waals surface area contributed by atoms with Gasteiger partial charge in [0.1, 0.15) is 5.69 Å². The average molecular weight is 400 g/mol. The molecule has 8 nitrogen and oxygen atoms in total. The van der Waals surface area contributed by atoms with E-state index >= 15 is 0 Å². The molecule has 0 atom stereocenters. The van der Waals surface area contributed by atoms with Crippen molar-refractivity contribution in [3.63, 3.8) is 0 Å². The predicted molar refractivity (Wildman–Crippen MR) is 112 cm³/mol. The van der Waals surface area contributed by atoms with Gasteiger partial charge < -0.3 is 9.88 Å². The standard InChI is InChI=1S/C22H16N4O4/c27-21(13-25-14-23-17-5-1-3-7-19(17)25)15-9-11-16(12-10-15)22(28)24-18-6-2-4-8-20(18)26(29)30/h1-12,14H,13H2,(H,24,28). The normalized spacial score (nSPS) is 10.7. The summed E-state index contributed by atoms with van der Waals surface area (Å²) in [7, 11) is 0. The number of nitrogens with one attached hydrogen (secondary N) is 1. The molecule has 0 saturated heterocycles. The smallest absolute Gasteiger partial charge is 0.292 e. The summed E-state index contributed by atoms with van der Waals surface area (Å²) in [6, 6.07) is 19.6. The second kappa shape index (κ2) is 7.96. The molecule has 1 heterocycles. The second-order valence-electron chi connectivity index (χ2n) is 6.59. The fraction of sp³-hybridized carbons (Fsp3) is 0.0455. The number of benzene rings is 3. The SMILES string of the molecule is O=C(Cn1cnc2ccccc21)c1ccc(C(=O)Nc2ccccc2[N+](=O)[O-])cc1. The Hall–Kier alpha value is -4.33. The fourth-order valence-electron chi connectivity index (χ4n) is 3.12. The Morgan fingerprint density at radius 3 is 2.37 bits per heavy atom. The fourth-order valence-corrected chi connectivity index (χ4v) is 3.12. The lowest BCUT2D eigenvalue weighted by atomic mass is 10.1.